The minimum Gasteiger partial charge on any atom is -0.350 e. The van der Waals surface area contributed by atoms with Crippen molar-refractivity contribution >= 4 is 16.8 Å². The van der Waals surface area contributed by atoms with Gasteiger partial charge in [0.2, 0.25) is 0 Å². The molecule has 0 aliphatic carbocycles. The molecule has 0 unspecified atom stereocenters. The summed E-state index contributed by atoms with van der Waals surface area (Å²) in [5.74, 6) is 0.138. The molecule has 4 rings (SSSR count). The number of para-hydroxylation sites is 1. The number of rotatable bonds is 3. The van der Waals surface area contributed by atoms with Crippen LogP contribution < -0.4 is 0 Å². The van der Waals surface area contributed by atoms with Crippen molar-refractivity contribution in [2.24, 2.45) is 7.05 Å². The third kappa shape index (κ3) is 2.47. The van der Waals surface area contributed by atoms with E-state index in [1.807, 2.05) is 30.0 Å². The van der Waals surface area contributed by atoms with E-state index in [1.54, 1.807) is 0 Å². The Morgan fingerprint density at radius 1 is 0.960 bits per heavy atom. The summed E-state index contributed by atoms with van der Waals surface area (Å²) in [5.41, 5.74) is 5.58. The van der Waals surface area contributed by atoms with Crippen molar-refractivity contribution in [3.8, 4) is 0 Å². The summed E-state index contributed by atoms with van der Waals surface area (Å²) in [4.78, 5) is 14.9. The molecule has 2 aromatic carbocycles. The van der Waals surface area contributed by atoms with Crippen LogP contribution >= 0.6 is 0 Å². The molecular formula is C22H22N2O. The predicted molar refractivity (Wildman–Crippen MR) is 101 cm³/mol. The van der Waals surface area contributed by atoms with E-state index in [4.69, 9.17) is 0 Å². The van der Waals surface area contributed by atoms with Gasteiger partial charge in [-0.1, -0.05) is 48.5 Å². The highest BCUT2D eigenvalue weighted by molar-refractivity contribution is 5.98. The van der Waals surface area contributed by atoms with Crippen LogP contribution in [0.5, 0.6) is 0 Å². The number of aryl methyl sites for hydroxylation is 1. The highest BCUT2D eigenvalue weighted by atomic mass is 16.2. The number of benzene rings is 2. The van der Waals surface area contributed by atoms with Crippen LogP contribution in [0.3, 0.4) is 0 Å². The van der Waals surface area contributed by atoms with Gasteiger partial charge >= 0.3 is 0 Å². The second-order valence-corrected chi connectivity index (χ2v) is 6.84. The van der Waals surface area contributed by atoms with Gasteiger partial charge in [-0.3, -0.25) is 4.79 Å². The Morgan fingerprint density at radius 2 is 1.64 bits per heavy atom. The van der Waals surface area contributed by atoms with Gasteiger partial charge in [-0.15, -0.1) is 0 Å². The van der Waals surface area contributed by atoms with E-state index >= 15 is 0 Å². The minimum atomic E-state index is -0.00111. The Kier molecular flexibility index (Phi) is 3.72. The Labute approximate surface area is 148 Å². The molecule has 1 aliphatic rings. The van der Waals surface area contributed by atoms with E-state index in [2.05, 4.69) is 61.1 Å². The van der Waals surface area contributed by atoms with Crippen LogP contribution in [0.2, 0.25) is 0 Å². The van der Waals surface area contributed by atoms with E-state index in [9.17, 15) is 4.79 Å². The molecule has 0 saturated heterocycles. The predicted octanol–water partition coefficient (Wildman–Crippen LogP) is 4.60. The molecule has 0 bridgehead atoms. The van der Waals surface area contributed by atoms with Crippen LogP contribution in [0.25, 0.3) is 10.9 Å². The first-order valence-electron chi connectivity index (χ1n) is 8.64. The second-order valence-electron chi connectivity index (χ2n) is 6.84. The molecule has 3 nitrogen and oxygen atoms in total. The van der Waals surface area contributed by atoms with Crippen LogP contribution in [-0.2, 0) is 18.4 Å². The molecule has 2 heterocycles. The quantitative estimate of drug-likeness (QED) is 0.689. The van der Waals surface area contributed by atoms with Gasteiger partial charge in [-0.25, -0.2) is 0 Å². The van der Waals surface area contributed by atoms with Crippen LogP contribution in [0, 0.1) is 0 Å². The number of carbonyl (C=O) groups excluding carboxylic acids is 1. The van der Waals surface area contributed by atoms with E-state index in [0.29, 0.717) is 6.54 Å². The lowest BCUT2D eigenvalue weighted by atomic mass is 9.98. The zero-order chi connectivity index (χ0) is 17.6. The maximum Gasteiger partial charge on any atom is 0.250 e. The molecule has 0 spiro atoms. The number of amides is 1. The van der Waals surface area contributed by atoms with Crippen LogP contribution in [0.4, 0.5) is 0 Å². The Balaban J connectivity index is 1.83. The molecule has 1 aliphatic heterocycles. The zero-order valence-electron chi connectivity index (χ0n) is 14.9. The molecule has 0 fully saturated rings. The fraction of sp³-hybridized carbons (Fsp3) is 0.227. The summed E-state index contributed by atoms with van der Waals surface area (Å²) < 4.78 is 2.15. The number of fused-ring (bicyclic) bond motifs is 1. The number of aromatic nitrogens is 1. The summed E-state index contributed by atoms with van der Waals surface area (Å²) in [7, 11) is 2.07. The molecule has 1 amide bonds. The van der Waals surface area contributed by atoms with Gasteiger partial charge in [-0.2, -0.15) is 0 Å². The Bertz CT molecular complexity index is 982. The SMILES string of the molecule is CC1=C(C)[C@H](c2cn(C)c3ccccc23)N(Cc2ccccc2)C1=O. The maximum atomic E-state index is 12.9. The normalized spacial score (nSPS) is 17.8. The average Bonchev–Trinajstić information content (AvgIpc) is 3.07. The first-order chi connectivity index (χ1) is 12.1. The van der Waals surface area contributed by atoms with Crippen LogP contribution in [-0.4, -0.2) is 15.4 Å². The number of hydrogen-bond donors (Lipinski definition) is 0. The molecule has 1 aromatic heterocycles. The molecular weight excluding hydrogens is 308 g/mol. The lowest BCUT2D eigenvalue weighted by Gasteiger charge is -2.26. The molecule has 126 valence electrons. The van der Waals surface area contributed by atoms with Crippen molar-refractivity contribution in [1.82, 2.24) is 9.47 Å². The van der Waals surface area contributed by atoms with Gasteiger partial charge in [0.25, 0.3) is 5.91 Å². The number of nitrogens with zero attached hydrogens (tertiary/aromatic N) is 2. The molecule has 0 saturated carbocycles. The van der Waals surface area contributed by atoms with Gasteiger partial charge in [0, 0.05) is 41.8 Å². The molecule has 1 atom stereocenters. The highest BCUT2D eigenvalue weighted by Gasteiger charge is 2.37. The van der Waals surface area contributed by atoms with Crippen molar-refractivity contribution in [1.29, 1.82) is 0 Å². The summed E-state index contributed by atoms with van der Waals surface area (Å²) in [6.07, 6.45) is 2.17. The lowest BCUT2D eigenvalue weighted by molar-refractivity contribution is -0.127. The Hall–Kier alpha value is -2.81. The van der Waals surface area contributed by atoms with Crippen molar-refractivity contribution in [3.05, 3.63) is 83.1 Å². The molecule has 25 heavy (non-hydrogen) atoms. The van der Waals surface area contributed by atoms with Gasteiger partial charge < -0.3 is 9.47 Å². The highest BCUT2D eigenvalue weighted by Crippen LogP contribution is 2.41. The van der Waals surface area contributed by atoms with Crippen molar-refractivity contribution in [2.45, 2.75) is 26.4 Å². The van der Waals surface area contributed by atoms with Gasteiger partial charge in [-0.05, 0) is 31.1 Å². The average molecular weight is 330 g/mol. The standard InChI is InChI=1S/C22H22N2O/c1-15-16(2)22(25)24(13-17-9-5-4-6-10-17)21(15)19-14-23(3)20-12-8-7-11-18(19)20/h4-12,14,21H,13H2,1-3H3/t21-/m1/s1. The van der Waals surface area contributed by atoms with E-state index < -0.39 is 0 Å². The first-order valence-corrected chi connectivity index (χ1v) is 8.64. The maximum absolute atomic E-state index is 12.9. The summed E-state index contributed by atoms with van der Waals surface area (Å²) in [6.45, 7) is 4.66. The molecule has 3 aromatic rings. The van der Waals surface area contributed by atoms with Crippen LogP contribution in [0.1, 0.15) is 31.0 Å². The van der Waals surface area contributed by atoms with Gasteiger partial charge in [0.15, 0.2) is 0 Å². The van der Waals surface area contributed by atoms with Crippen LogP contribution in [0.15, 0.2) is 71.9 Å². The van der Waals surface area contributed by atoms with E-state index in [1.165, 1.54) is 16.5 Å². The number of hydrogen-bond acceptors (Lipinski definition) is 1. The largest absolute Gasteiger partial charge is 0.350 e. The summed E-state index contributed by atoms with van der Waals surface area (Å²) in [5, 5.41) is 1.22. The third-order valence-electron chi connectivity index (χ3n) is 5.31. The lowest BCUT2D eigenvalue weighted by Crippen LogP contribution is -2.29. The molecule has 3 heteroatoms. The van der Waals surface area contributed by atoms with Crippen molar-refractivity contribution in [3.63, 3.8) is 0 Å². The summed E-state index contributed by atoms with van der Waals surface area (Å²) in [6, 6.07) is 18.6. The smallest absolute Gasteiger partial charge is 0.250 e. The van der Waals surface area contributed by atoms with Gasteiger partial charge in [0.05, 0.1) is 6.04 Å². The first kappa shape index (κ1) is 15.7. The van der Waals surface area contributed by atoms with E-state index in [-0.39, 0.29) is 11.9 Å². The van der Waals surface area contributed by atoms with Gasteiger partial charge in [0.1, 0.15) is 0 Å². The fourth-order valence-corrected chi connectivity index (χ4v) is 3.88. The molecule has 0 N–H and O–H groups in total. The summed E-state index contributed by atoms with van der Waals surface area (Å²) >= 11 is 0. The second kappa shape index (κ2) is 5.92. The zero-order valence-corrected chi connectivity index (χ0v) is 14.9. The topological polar surface area (TPSA) is 25.2 Å². The van der Waals surface area contributed by atoms with Crippen molar-refractivity contribution in [2.75, 3.05) is 0 Å². The Morgan fingerprint density at radius 3 is 2.40 bits per heavy atom. The third-order valence-corrected chi connectivity index (χ3v) is 5.31. The van der Waals surface area contributed by atoms with E-state index in [0.717, 1.165) is 16.7 Å². The monoisotopic (exact) mass is 330 g/mol. The minimum absolute atomic E-state index is 0.00111. The molecule has 0 radical (unpaired) electrons. The number of carbonyl (C=O) groups is 1. The fourth-order valence-electron chi connectivity index (χ4n) is 3.88. The van der Waals surface area contributed by atoms with Crippen molar-refractivity contribution < 1.29 is 4.79 Å².